The van der Waals surface area contributed by atoms with Gasteiger partial charge in [-0.1, -0.05) is 42.1 Å². The minimum absolute atomic E-state index is 0.336. The Bertz CT molecular complexity index is 536. The van der Waals surface area contributed by atoms with E-state index in [1.165, 1.54) is 18.1 Å². The number of aliphatic imine (C=N–C) groups is 3. The van der Waals surface area contributed by atoms with E-state index in [9.17, 15) is 0 Å². The van der Waals surface area contributed by atoms with E-state index in [1.54, 1.807) is 0 Å². The van der Waals surface area contributed by atoms with Crippen molar-refractivity contribution in [2.24, 2.45) is 26.4 Å². The standard InChI is InChI=1S/C11H11N5S/c12-10-16-8-9(17-10)14-6-15-11(8,13)7-4-2-1-3-5-7/h1-6,10H,12-13H2. The third-order valence-corrected chi connectivity index (χ3v) is 3.57. The molecule has 3 rings (SSSR count). The van der Waals surface area contributed by atoms with Gasteiger partial charge in [0, 0.05) is 5.56 Å². The number of hydrogen-bond acceptors (Lipinski definition) is 6. The first-order chi connectivity index (χ1) is 8.20. The normalized spacial score (nSPS) is 30.8. The summed E-state index contributed by atoms with van der Waals surface area (Å²) in [5.41, 5.74) is 12.4. The molecular formula is C11H11N5S. The zero-order valence-electron chi connectivity index (χ0n) is 8.95. The van der Waals surface area contributed by atoms with E-state index < -0.39 is 5.66 Å². The van der Waals surface area contributed by atoms with Crippen molar-refractivity contribution >= 4 is 28.9 Å². The smallest absolute Gasteiger partial charge is 0.180 e. The summed E-state index contributed by atoms with van der Waals surface area (Å²) < 4.78 is 0. The number of rotatable bonds is 1. The lowest BCUT2D eigenvalue weighted by Crippen LogP contribution is -2.46. The van der Waals surface area contributed by atoms with Gasteiger partial charge >= 0.3 is 0 Å². The SMILES string of the molecule is NC1N=C2C(=NC=NC2(N)c2ccccc2)S1. The predicted molar refractivity (Wildman–Crippen MR) is 71.2 cm³/mol. The van der Waals surface area contributed by atoms with Crippen LogP contribution in [-0.2, 0) is 5.66 Å². The summed E-state index contributed by atoms with van der Waals surface area (Å²) in [5.74, 6) is 0. The van der Waals surface area contributed by atoms with Crippen LogP contribution in [0.15, 0.2) is 45.3 Å². The van der Waals surface area contributed by atoms with Crippen molar-refractivity contribution in [1.29, 1.82) is 0 Å². The molecule has 2 atom stereocenters. The molecule has 86 valence electrons. The van der Waals surface area contributed by atoms with Crippen molar-refractivity contribution in [2.75, 3.05) is 0 Å². The molecule has 6 heteroatoms. The number of thioether (sulfide) groups is 1. The second-order valence-corrected chi connectivity index (χ2v) is 4.90. The van der Waals surface area contributed by atoms with Crippen LogP contribution >= 0.6 is 11.8 Å². The summed E-state index contributed by atoms with van der Waals surface area (Å²) in [4.78, 5) is 12.8. The molecule has 0 aromatic heterocycles. The van der Waals surface area contributed by atoms with Crippen molar-refractivity contribution in [3.63, 3.8) is 0 Å². The number of nitrogens with two attached hydrogens (primary N) is 2. The van der Waals surface area contributed by atoms with E-state index >= 15 is 0 Å². The lowest BCUT2D eigenvalue weighted by molar-refractivity contribution is 0.643. The fourth-order valence-corrected chi connectivity index (χ4v) is 2.68. The lowest BCUT2D eigenvalue weighted by Gasteiger charge is -2.27. The third-order valence-electron chi connectivity index (χ3n) is 2.70. The second-order valence-electron chi connectivity index (χ2n) is 3.80. The molecule has 0 spiro atoms. The Kier molecular flexibility index (Phi) is 2.36. The number of hydrogen-bond donors (Lipinski definition) is 2. The molecule has 0 aliphatic carbocycles. The fourth-order valence-electron chi connectivity index (χ4n) is 1.87. The number of nitrogens with zero attached hydrogens (tertiary/aromatic N) is 3. The minimum Gasteiger partial charge on any atom is -0.301 e. The van der Waals surface area contributed by atoms with E-state index in [0.717, 1.165) is 10.6 Å². The van der Waals surface area contributed by atoms with Crippen molar-refractivity contribution < 1.29 is 0 Å². The molecule has 2 unspecified atom stereocenters. The molecular weight excluding hydrogens is 234 g/mol. The van der Waals surface area contributed by atoms with E-state index in [-0.39, 0.29) is 5.50 Å². The zero-order valence-corrected chi connectivity index (χ0v) is 9.76. The summed E-state index contributed by atoms with van der Waals surface area (Å²) >= 11 is 1.40. The van der Waals surface area contributed by atoms with Gasteiger partial charge in [-0.3, -0.25) is 10.7 Å². The number of benzene rings is 1. The maximum atomic E-state index is 6.35. The molecule has 0 radical (unpaired) electrons. The Balaban J connectivity index is 2.12. The largest absolute Gasteiger partial charge is 0.301 e. The highest BCUT2D eigenvalue weighted by atomic mass is 32.2. The average Bonchev–Trinajstić information content (AvgIpc) is 2.73. The molecule has 0 saturated carbocycles. The van der Waals surface area contributed by atoms with E-state index in [2.05, 4.69) is 15.0 Å². The van der Waals surface area contributed by atoms with Crippen molar-refractivity contribution in [1.82, 2.24) is 0 Å². The minimum atomic E-state index is -0.959. The molecule has 5 nitrogen and oxygen atoms in total. The molecule has 0 fully saturated rings. The molecule has 4 N–H and O–H groups in total. The van der Waals surface area contributed by atoms with Gasteiger partial charge in [0.1, 0.15) is 17.1 Å². The molecule has 1 aromatic carbocycles. The summed E-state index contributed by atoms with van der Waals surface area (Å²) in [6.45, 7) is 0. The molecule has 17 heavy (non-hydrogen) atoms. The third kappa shape index (κ3) is 1.61. The highest BCUT2D eigenvalue weighted by Gasteiger charge is 2.41. The van der Waals surface area contributed by atoms with Crippen molar-refractivity contribution in [3.05, 3.63) is 35.9 Å². The molecule has 0 bridgehead atoms. The van der Waals surface area contributed by atoms with E-state index in [0.29, 0.717) is 5.71 Å². The van der Waals surface area contributed by atoms with Gasteiger partial charge in [-0.25, -0.2) is 9.98 Å². The Morgan fingerprint density at radius 2 is 2.00 bits per heavy atom. The monoisotopic (exact) mass is 245 g/mol. The Morgan fingerprint density at radius 1 is 1.24 bits per heavy atom. The maximum absolute atomic E-state index is 6.35. The highest BCUT2D eigenvalue weighted by molar-refractivity contribution is 8.16. The van der Waals surface area contributed by atoms with Crippen molar-refractivity contribution in [2.45, 2.75) is 11.2 Å². The molecule has 2 aliphatic heterocycles. The van der Waals surface area contributed by atoms with Gasteiger partial charge in [-0.05, 0) is 0 Å². The van der Waals surface area contributed by atoms with Crippen LogP contribution in [0.25, 0.3) is 0 Å². The zero-order chi connectivity index (χ0) is 11.9. The summed E-state index contributed by atoms with van der Waals surface area (Å²) in [6.07, 6.45) is 1.48. The van der Waals surface area contributed by atoms with Gasteiger partial charge in [0.2, 0.25) is 0 Å². The Hall–Kier alpha value is -1.50. The van der Waals surface area contributed by atoms with Gasteiger partial charge in [-0.15, -0.1) is 0 Å². The van der Waals surface area contributed by atoms with E-state index in [1.807, 2.05) is 30.3 Å². The topological polar surface area (TPSA) is 89.1 Å². The average molecular weight is 245 g/mol. The highest BCUT2D eigenvalue weighted by Crippen LogP contribution is 2.32. The first kappa shape index (κ1) is 10.6. The first-order valence-corrected chi connectivity index (χ1v) is 6.05. The fraction of sp³-hybridized carbons (Fsp3) is 0.182. The molecule has 2 aliphatic rings. The maximum Gasteiger partial charge on any atom is 0.180 e. The quantitative estimate of drug-likeness (QED) is 0.762. The molecule has 1 aromatic rings. The molecule has 2 heterocycles. The Morgan fingerprint density at radius 3 is 2.76 bits per heavy atom. The van der Waals surface area contributed by atoms with Crippen LogP contribution in [0, 0.1) is 0 Å². The van der Waals surface area contributed by atoms with Gasteiger partial charge in [-0.2, -0.15) is 0 Å². The summed E-state index contributed by atoms with van der Waals surface area (Å²) in [7, 11) is 0. The van der Waals surface area contributed by atoms with E-state index in [4.69, 9.17) is 11.5 Å². The molecule has 0 amide bonds. The molecule has 0 saturated heterocycles. The van der Waals surface area contributed by atoms with Gasteiger partial charge < -0.3 is 5.73 Å². The predicted octanol–water partition coefficient (Wildman–Crippen LogP) is 0.669. The van der Waals surface area contributed by atoms with Gasteiger partial charge in [0.05, 0.1) is 0 Å². The van der Waals surface area contributed by atoms with Gasteiger partial charge in [0.15, 0.2) is 11.2 Å². The summed E-state index contributed by atoms with van der Waals surface area (Å²) in [6, 6.07) is 9.64. The van der Waals surface area contributed by atoms with Crippen LogP contribution in [0.4, 0.5) is 0 Å². The summed E-state index contributed by atoms with van der Waals surface area (Å²) in [5, 5.41) is 0.763. The van der Waals surface area contributed by atoms with Gasteiger partial charge in [0.25, 0.3) is 0 Å². The lowest BCUT2D eigenvalue weighted by atomic mass is 9.95. The number of fused-ring (bicyclic) bond motifs is 1. The van der Waals surface area contributed by atoms with Crippen LogP contribution < -0.4 is 11.5 Å². The van der Waals surface area contributed by atoms with Crippen LogP contribution in [0.5, 0.6) is 0 Å². The Labute approximate surface area is 103 Å². The van der Waals surface area contributed by atoms with Crippen LogP contribution in [0.3, 0.4) is 0 Å². The first-order valence-electron chi connectivity index (χ1n) is 5.17. The van der Waals surface area contributed by atoms with Crippen LogP contribution in [0.1, 0.15) is 5.56 Å². The van der Waals surface area contributed by atoms with Crippen molar-refractivity contribution in [3.8, 4) is 0 Å². The van der Waals surface area contributed by atoms with Crippen LogP contribution in [0.2, 0.25) is 0 Å². The second kappa shape index (κ2) is 3.76. The van der Waals surface area contributed by atoms with Crippen LogP contribution in [-0.4, -0.2) is 22.6 Å².